The fourth-order valence-corrected chi connectivity index (χ4v) is 3.74. The van der Waals surface area contributed by atoms with Crippen molar-refractivity contribution in [1.29, 1.82) is 0 Å². The number of nitrogen functional groups attached to an aromatic ring is 1. The largest absolute Gasteiger partial charge is 0.416 e. The van der Waals surface area contributed by atoms with Gasteiger partial charge in [-0.15, -0.1) is 0 Å². The van der Waals surface area contributed by atoms with Crippen molar-refractivity contribution in [1.82, 2.24) is 9.55 Å². The second-order valence-electron chi connectivity index (χ2n) is 6.38. The first-order chi connectivity index (χ1) is 11.1. The van der Waals surface area contributed by atoms with Gasteiger partial charge >= 0.3 is 11.6 Å². The van der Waals surface area contributed by atoms with Crippen molar-refractivity contribution in [3.63, 3.8) is 0 Å². The van der Waals surface area contributed by atoms with E-state index >= 15 is 0 Å². The van der Waals surface area contributed by atoms with Crippen LogP contribution in [0.1, 0.15) is 33.4 Å². The molecule has 2 rings (SSSR count). The van der Waals surface area contributed by atoms with E-state index in [2.05, 4.69) is 4.98 Å². The number of hydrogen-bond donors (Lipinski definition) is 2. The lowest BCUT2D eigenvalue weighted by atomic mass is 9.95. The lowest BCUT2D eigenvalue weighted by Gasteiger charge is -2.33. The third-order valence-electron chi connectivity index (χ3n) is 4.05. The van der Waals surface area contributed by atoms with Gasteiger partial charge in [-0.1, -0.05) is 13.3 Å². The molecule has 0 aromatic carbocycles. The second kappa shape index (κ2) is 6.87. The zero-order valence-corrected chi connectivity index (χ0v) is 15.3. The molecule has 1 aliphatic rings. The molecule has 0 amide bonds. The van der Waals surface area contributed by atoms with Gasteiger partial charge in [-0.3, -0.25) is 4.57 Å². The van der Waals surface area contributed by atoms with Gasteiger partial charge < -0.3 is 20.0 Å². The summed E-state index contributed by atoms with van der Waals surface area (Å²) in [5.41, 5.74) is 3.31. The number of aliphatic hydroxyl groups excluding tert-OH is 1. The molecular formula is C14H23F2N3O4Si. The Balaban J connectivity index is 2.28. The monoisotopic (exact) mass is 363 g/mol. The number of halogens is 2. The highest BCUT2D eigenvalue weighted by Crippen LogP contribution is 2.45. The maximum Gasteiger partial charge on any atom is 0.351 e. The predicted molar refractivity (Wildman–Crippen MR) is 86.6 cm³/mol. The quantitative estimate of drug-likeness (QED) is 0.562. The van der Waals surface area contributed by atoms with Crippen LogP contribution < -0.4 is 11.4 Å². The van der Waals surface area contributed by atoms with Gasteiger partial charge in [-0.2, -0.15) is 13.8 Å². The summed E-state index contributed by atoms with van der Waals surface area (Å²) in [7, 11) is -0.912. The summed E-state index contributed by atoms with van der Waals surface area (Å²) >= 11 is 0. The molecule has 136 valence electrons. The van der Waals surface area contributed by atoms with Crippen LogP contribution in [-0.4, -0.2) is 48.2 Å². The Hall–Kier alpha value is -1.36. The molecule has 10 heteroatoms. The molecule has 7 nitrogen and oxygen atoms in total. The van der Waals surface area contributed by atoms with Crippen molar-refractivity contribution in [2.24, 2.45) is 0 Å². The maximum atomic E-state index is 14.5. The molecule has 1 aromatic rings. The summed E-state index contributed by atoms with van der Waals surface area (Å²) in [4.78, 5) is 15.3. The van der Waals surface area contributed by atoms with E-state index in [1.807, 2.05) is 6.92 Å². The summed E-state index contributed by atoms with van der Waals surface area (Å²) in [5.74, 6) is -3.75. The van der Waals surface area contributed by atoms with Gasteiger partial charge in [0, 0.05) is 6.20 Å². The van der Waals surface area contributed by atoms with E-state index < -0.39 is 45.4 Å². The highest BCUT2D eigenvalue weighted by Gasteiger charge is 2.63. The van der Waals surface area contributed by atoms with Gasteiger partial charge in [0.25, 0.3) is 0 Å². The van der Waals surface area contributed by atoms with Gasteiger partial charge in [0.05, 0.1) is 5.60 Å². The van der Waals surface area contributed by atoms with E-state index in [9.17, 15) is 18.7 Å². The Morgan fingerprint density at radius 3 is 2.83 bits per heavy atom. The number of rotatable bonds is 6. The summed E-state index contributed by atoms with van der Waals surface area (Å²) in [6.07, 6.45) is -3.31. The van der Waals surface area contributed by atoms with Crippen LogP contribution in [0.5, 0.6) is 0 Å². The smallest absolute Gasteiger partial charge is 0.351 e. The van der Waals surface area contributed by atoms with Crippen molar-refractivity contribution in [3.05, 3.63) is 22.7 Å². The van der Waals surface area contributed by atoms with Crippen LogP contribution in [0.25, 0.3) is 0 Å². The van der Waals surface area contributed by atoms with Gasteiger partial charge in [-0.05, 0) is 26.0 Å². The Labute approximate surface area is 140 Å². The number of alkyl halides is 2. The van der Waals surface area contributed by atoms with Gasteiger partial charge in [0.1, 0.15) is 11.9 Å². The van der Waals surface area contributed by atoms with Crippen molar-refractivity contribution < 1.29 is 23.1 Å². The molecule has 1 fully saturated rings. The molecule has 1 saturated heterocycles. The van der Waals surface area contributed by atoms with Crippen LogP contribution in [-0.2, 0) is 9.16 Å². The maximum absolute atomic E-state index is 14.5. The first kappa shape index (κ1) is 19.0. The van der Waals surface area contributed by atoms with Crippen LogP contribution in [0.2, 0.25) is 6.04 Å². The average molecular weight is 363 g/mol. The fraction of sp³-hybridized carbons (Fsp3) is 0.714. The van der Waals surface area contributed by atoms with Crippen LogP contribution >= 0.6 is 0 Å². The molecule has 3 unspecified atom stereocenters. The van der Waals surface area contributed by atoms with Crippen molar-refractivity contribution in [2.75, 3.05) is 5.73 Å². The van der Waals surface area contributed by atoms with E-state index in [1.165, 1.54) is 6.07 Å². The van der Waals surface area contributed by atoms with Crippen molar-refractivity contribution >= 4 is 15.6 Å². The van der Waals surface area contributed by atoms with E-state index in [0.29, 0.717) is 4.57 Å². The molecule has 1 aromatic heterocycles. The predicted octanol–water partition coefficient (Wildman–Crippen LogP) is 0.426. The average Bonchev–Trinajstić information content (AvgIpc) is 2.71. The Morgan fingerprint density at radius 2 is 2.25 bits per heavy atom. The number of anilines is 1. The van der Waals surface area contributed by atoms with Gasteiger partial charge in [-0.25, -0.2) is 4.79 Å². The minimum Gasteiger partial charge on any atom is -0.416 e. The zero-order chi connectivity index (χ0) is 18.1. The Bertz CT molecular complexity index is 641. The SMILES string of the molecule is CCC[SiH2]OC(C)(C)C1OC(n2ccc(N)nc2=O)C(F)(F)C1O. The van der Waals surface area contributed by atoms with E-state index in [-0.39, 0.29) is 5.82 Å². The van der Waals surface area contributed by atoms with Crippen LogP contribution in [0.15, 0.2) is 17.1 Å². The molecule has 1 aliphatic heterocycles. The Kier molecular flexibility index (Phi) is 5.43. The third-order valence-corrected chi connectivity index (χ3v) is 5.99. The third kappa shape index (κ3) is 3.51. The molecule has 0 spiro atoms. The number of hydrogen-bond acceptors (Lipinski definition) is 6. The first-order valence-corrected chi connectivity index (χ1v) is 9.39. The topological polar surface area (TPSA) is 99.6 Å². The highest BCUT2D eigenvalue weighted by molar-refractivity contribution is 6.27. The normalized spacial score (nSPS) is 27.2. The zero-order valence-electron chi connectivity index (χ0n) is 13.9. The molecule has 0 aliphatic carbocycles. The molecule has 3 atom stereocenters. The molecule has 3 N–H and O–H groups in total. The van der Waals surface area contributed by atoms with Crippen molar-refractivity contribution in [2.45, 2.75) is 63.2 Å². The molecular weight excluding hydrogens is 340 g/mol. The lowest BCUT2D eigenvalue weighted by molar-refractivity contribution is -0.142. The number of aliphatic hydroxyl groups is 1. The number of aromatic nitrogens is 2. The molecule has 0 saturated carbocycles. The summed E-state index contributed by atoms with van der Waals surface area (Å²) in [5, 5.41) is 10.1. The van der Waals surface area contributed by atoms with E-state index in [0.717, 1.165) is 18.7 Å². The van der Waals surface area contributed by atoms with Crippen LogP contribution in [0.3, 0.4) is 0 Å². The molecule has 2 heterocycles. The van der Waals surface area contributed by atoms with Crippen molar-refractivity contribution in [3.8, 4) is 0 Å². The highest BCUT2D eigenvalue weighted by atomic mass is 28.2. The molecule has 24 heavy (non-hydrogen) atoms. The first-order valence-electron chi connectivity index (χ1n) is 7.81. The minimum atomic E-state index is -3.67. The van der Waals surface area contributed by atoms with Crippen LogP contribution in [0, 0.1) is 0 Å². The van der Waals surface area contributed by atoms with Gasteiger partial charge in [0.2, 0.25) is 6.23 Å². The summed E-state index contributed by atoms with van der Waals surface area (Å²) in [6.45, 7) is 5.22. The number of ether oxygens (including phenoxy) is 1. The van der Waals surface area contributed by atoms with Crippen LogP contribution in [0.4, 0.5) is 14.6 Å². The fourth-order valence-electron chi connectivity index (χ4n) is 2.61. The minimum absolute atomic E-state index is 0.0797. The number of nitrogens with two attached hydrogens (primary N) is 1. The van der Waals surface area contributed by atoms with E-state index in [4.69, 9.17) is 14.9 Å². The summed E-state index contributed by atoms with van der Waals surface area (Å²) < 4.78 is 40.8. The van der Waals surface area contributed by atoms with E-state index in [1.54, 1.807) is 13.8 Å². The standard InChI is InChI=1S/C14H23F2N3O4Si/c1-4-7-24-23-13(2,3)10-9(20)14(15,16)11(22-10)19-6-5-8(17)18-12(19)21/h5-6,9-11,20H,4,7,24H2,1-3H3,(H2,17,18,21). The Morgan fingerprint density at radius 1 is 1.58 bits per heavy atom. The van der Waals surface area contributed by atoms with Gasteiger partial charge in [0.15, 0.2) is 15.9 Å². The molecule has 0 bridgehead atoms. The summed E-state index contributed by atoms with van der Waals surface area (Å²) in [6, 6.07) is 2.11. The molecule has 0 radical (unpaired) electrons. The second-order valence-corrected chi connectivity index (χ2v) is 7.78. The lowest BCUT2D eigenvalue weighted by Crippen LogP contribution is -2.49. The number of nitrogens with zero attached hydrogens (tertiary/aromatic N) is 2.